The van der Waals surface area contributed by atoms with Crippen molar-refractivity contribution in [1.29, 1.82) is 0 Å². The Labute approximate surface area is 113 Å². The zero-order valence-corrected chi connectivity index (χ0v) is 12.0. The molecule has 0 heterocycles. The molecule has 0 amide bonds. The molecule has 1 fully saturated rings. The number of hydrogen-bond donors (Lipinski definition) is 1. The molecule has 0 aliphatic heterocycles. The van der Waals surface area contributed by atoms with Crippen LogP contribution in [0.5, 0.6) is 5.75 Å². The average Bonchev–Trinajstić information content (AvgIpc) is 2.28. The van der Waals surface area contributed by atoms with Gasteiger partial charge in [-0.05, 0) is 37.5 Å². The van der Waals surface area contributed by atoms with E-state index < -0.39 is 9.84 Å². The Hall–Kier alpha value is -0.680. The Kier molecular flexibility index (Phi) is 4.22. The number of aromatic hydroxyl groups is 1. The third-order valence-electron chi connectivity index (χ3n) is 3.30. The van der Waals surface area contributed by atoms with Crippen LogP contribution in [0.15, 0.2) is 29.2 Å². The zero-order chi connectivity index (χ0) is 13.2. The fourth-order valence-electron chi connectivity index (χ4n) is 2.35. The van der Waals surface area contributed by atoms with Gasteiger partial charge in [0.1, 0.15) is 15.6 Å². The van der Waals surface area contributed by atoms with Gasteiger partial charge in [-0.25, -0.2) is 8.42 Å². The minimum atomic E-state index is -2.92. The van der Waals surface area contributed by atoms with Crippen molar-refractivity contribution in [3.63, 3.8) is 0 Å². The fourth-order valence-corrected chi connectivity index (χ4v) is 4.99. The maximum atomic E-state index is 11.6. The summed E-state index contributed by atoms with van der Waals surface area (Å²) in [6.07, 6.45) is 4.86. The van der Waals surface area contributed by atoms with Gasteiger partial charge in [0.25, 0.3) is 0 Å². The van der Waals surface area contributed by atoms with Crippen LogP contribution in [0.2, 0.25) is 0 Å². The third-order valence-corrected chi connectivity index (χ3v) is 6.23. The van der Waals surface area contributed by atoms with Crippen LogP contribution in [0.3, 0.4) is 0 Å². The molecule has 0 saturated heterocycles. The Morgan fingerprint density at radius 3 is 2.78 bits per heavy atom. The lowest BCUT2D eigenvalue weighted by atomic mass is 10.00. The maximum Gasteiger partial charge on any atom is 0.150 e. The second-order valence-corrected chi connectivity index (χ2v) is 8.55. The van der Waals surface area contributed by atoms with E-state index in [1.54, 1.807) is 23.9 Å². The molecular formula is C13H18O3S2. The lowest BCUT2D eigenvalue weighted by Crippen LogP contribution is -2.28. The Morgan fingerprint density at radius 1 is 1.33 bits per heavy atom. The molecule has 1 saturated carbocycles. The molecule has 1 aromatic carbocycles. The van der Waals surface area contributed by atoms with E-state index in [0.29, 0.717) is 5.25 Å². The molecule has 3 nitrogen and oxygen atoms in total. The van der Waals surface area contributed by atoms with Gasteiger partial charge in [-0.3, -0.25) is 0 Å². The van der Waals surface area contributed by atoms with E-state index in [9.17, 15) is 13.5 Å². The molecule has 100 valence electrons. The van der Waals surface area contributed by atoms with Crippen molar-refractivity contribution in [3.8, 4) is 5.75 Å². The van der Waals surface area contributed by atoms with E-state index in [0.717, 1.165) is 30.6 Å². The summed E-state index contributed by atoms with van der Waals surface area (Å²) in [5.74, 6) is 0.260. The summed E-state index contributed by atoms with van der Waals surface area (Å²) in [6.45, 7) is 0. The van der Waals surface area contributed by atoms with Crippen molar-refractivity contribution in [2.75, 3.05) is 6.26 Å². The van der Waals surface area contributed by atoms with Crippen LogP contribution >= 0.6 is 11.8 Å². The van der Waals surface area contributed by atoms with Gasteiger partial charge >= 0.3 is 0 Å². The van der Waals surface area contributed by atoms with Gasteiger partial charge in [-0.2, -0.15) is 0 Å². The summed E-state index contributed by atoms with van der Waals surface area (Å²) in [6, 6.07) is 7.14. The number of sulfone groups is 1. The molecule has 0 spiro atoms. The number of benzene rings is 1. The smallest absolute Gasteiger partial charge is 0.150 e. The first-order valence-corrected chi connectivity index (χ1v) is 8.93. The molecular weight excluding hydrogens is 268 g/mol. The highest BCUT2D eigenvalue weighted by Crippen LogP contribution is 2.36. The van der Waals surface area contributed by atoms with Crippen LogP contribution in [0.25, 0.3) is 0 Å². The van der Waals surface area contributed by atoms with Crippen LogP contribution < -0.4 is 0 Å². The number of phenolic OH excluding ortho intramolecular Hbond substituents is 1. The van der Waals surface area contributed by atoms with Crippen LogP contribution in [0, 0.1) is 0 Å². The van der Waals surface area contributed by atoms with Crippen molar-refractivity contribution in [3.05, 3.63) is 24.3 Å². The highest BCUT2D eigenvalue weighted by molar-refractivity contribution is 8.00. The topological polar surface area (TPSA) is 54.4 Å². The molecule has 5 heteroatoms. The summed E-state index contributed by atoms with van der Waals surface area (Å²) >= 11 is 1.67. The standard InChI is InChI=1S/C13H18O3S2/c1-18(15,16)13-7-3-6-12(9-13)17-11-5-2-4-10(14)8-11/h2,4-5,8,12-14H,3,6-7,9H2,1H3. The third kappa shape index (κ3) is 3.65. The predicted molar refractivity (Wildman–Crippen MR) is 74.9 cm³/mol. The van der Waals surface area contributed by atoms with Gasteiger partial charge in [-0.1, -0.05) is 12.5 Å². The quantitative estimate of drug-likeness (QED) is 0.928. The van der Waals surface area contributed by atoms with E-state index in [1.165, 1.54) is 6.26 Å². The van der Waals surface area contributed by atoms with E-state index in [2.05, 4.69) is 0 Å². The molecule has 2 atom stereocenters. The molecule has 1 aliphatic rings. The first-order valence-electron chi connectivity index (χ1n) is 6.10. The molecule has 0 aromatic heterocycles. The number of thioether (sulfide) groups is 1. The highest BCUT2D eigenvalue weighted by atomic mass is 32.2. The van der Waals surface area contributed by atoms with Crippen molar-refractivity contribution in [1.82, 2.24) is 0 Å². The summed E-state index contributed by atoms with van der Waals surface area (Å²) < 4.78 is 23.2. The Balaban J connectivity index is 2.02. The Bertz CT molecular complexity index is 511. The first-order chi connectivity index (χ1) is 8.45. The maximum absolute atomic E-state index is 11.6. The molecule has 0 radical (unpaired) electrons. The minimum Gasteiger partial charge on any atom is -0.508 e. The average molecular weight is 286 g/mol. The second kappa shape index (κ2) is 5.53. The van der Waals surface area contributed by atoms with Crippen LogP contribution in [0.1, 0.15) is 25.7 Å². The van der Waals surface area contributed by atoms with Gasteiger partial charge < -0.3 is 5.11 Å². The summed E-state index contributed by atoms with van der Waals surface area (Å²) in [5, 5.41) is 9.55. The normalized spacial score (nSPS) is 24.9. The van der Waals surface area contributed by atoms with E-state index >= 15 is 0 Å². The van der Waals surface area contributed by atoms with Crippen LogP contribution in [-0.4, -0.2) is 30.3 Å². The van der Waals surface area contributed by atoms with Gasteiger partial charge in [0, 0.05) is 16.4 Å². The molecule has 2 unspecified atom stereocenters. The lowest BCUT2D eigenvalue weighted by molar-refractivity contribution is 0.473. The molecule has 1 N–H and O–H groups in total. The molecule has 0 bridgehead atoms. The summed E-state index contributed by atoms with van der Waals surface area (Å²) in [7, 11) is -2.92. The summed E-state index contributed by atoms with van der Waals surface area (Å²) in [4.78, 5) is 1.01. The lowest BCUT2D eigenvalue weighted by Gasteiger charge is -2.27. The van der Waals surface area contributed by atoms with Gasteiger partial charge in [0.05, 0.1) is 5.25 Å². The molecule has 2 rings (SSSR count). The van der Waals surface area contributed by atoms with E-state index in [-0.39, 0.29) is 11.0 Å². The van der Waals surface area contributed by atoms with Crippen LogP contribution in [0.4, 0.5) is 0 Å². The monoisotopic (exact) mass is 286 g/mol. The molecule has 1 aliphatic carbocycles. The molecule has 18 heavy (non-hydrogen) atoms. The minimum absolute atomic E-state index is 0.193. The summed E-state index contributed by atoms with van der Waals surface area (Å²) in [5.41, 5.74) is 0. The first kappa shape index (κ1) is 13.7. The van der Waals surface area contributed by atoms with Crippen molar-refractivity contribution >= 4 is 21.6 Å². The number of rotatable bonds is 3. The molecule has 1 aromatic rings. The van der Waals surface area contributed by atoms with Gasteiger partial charge in [0.15, 0.2) is 0 Å². The second-order valence-electron chi connectivity index (χ2n) is 4.86. The van der Waals surface area contributed by atoms with Crippen molar-refractivity contribution in [2.45, 2.75) is 41.1 Å². The fraction of sp³-hybridized carbons (Fsp3) is 0.538. The highest BCUT2D eigenvalue weighted by Gasteiger charge is 2.29. The van der Waals surface area contributed by atoms with E-state index in [1.807, 2.05) is 12.1 Å². The zero-order valence-electron chi connectivity index (χ0n) is 10.4. The number of hydrogen-bond acceptors (Lipinski definition) is 4. The largest absolute Gasteiger partial charge is 0.508 e. The van der Waals surface area contributed by atoms with E-state index in [4.69, 9.17) is 0 Å². The predicted octanol–water partition coefficient (Wildman–Crippen LogP) is 2.84. The number of phenols is 1. The Morgan fingerprint density at radius 2 is 2.11 bits per heavy atom. The van der Waals surface area contributed by atoms with Crippen LogP contribution in [-0.2, 0) is 9.84 Å². The SMILES string of the molecule is CS(=O)(=O)C1CCCC(Sc2cccc(O)c2)C1. The van der Waals surface area contributed by atoms with Crippen molar-refractivity contribution < 1.29 is 13.5 Å². The van der Waals surface area contributed by atoms with Gasteiger partial charge in [-0.15, -0.1) is 11.8 Å². The van der Waals surface area contributed by atoms with Crippen molar-refractivity contribution in [2.24, 2.45) is 0 Å². The van der Waals surface area contributed by atoms with Gasteiger partial charge in [0.2, 0.25) is 0 Å².